The van der Waals surface area contributed by atoms with E-state index >= 15 is 0 Å². The van der Waals surface area contributed by atoms with Crippen LogP contribution in [0.3, 0.4) is 0 Å². The zero-order valence-corrected chi connectivity index (χ0v) is 14.1. The van der Waals surface area contributed by atoms with Crippen LogP contribution in [-0.4, -0.2) is 18.5 Å². The van der Waals surface area contributed by atoms with Crippen LogP contribution in [0.15, 0.2) is 48.5 Å². The van der Waals surface area contributed by atoms with Gasteiger partial charge in [-0.15, -0.1) is 0 Å². The number of ether oxygens (including phenoxy) is 1. The summed E-state index contributed by atoms with van der Waals surface area (Å²) in [6.07, 6.45) is 1.62. The fourth-order valence-electron chi connectivity index (χ4n) is 2.68. The Morgan fingerprint density at radius 1 is 1.08 bits per heavy atom. The van der Waals surface area contributed by atoms with E-state index in [1.54, 1.807) is 24.3 Å². The zero-order valence-electron chi connectivity index (χ0n) is 13.3. The van der Waals surface area contributed by atoms with Crippen LogP contribution < -0.4 is 5.32 Å². The second kappa shape index (κ2) is 6.65. The molecule has 24 heavy (non-hydrogen) atoms. The van der Waals surface area contributed by atoms with E-state index < -0.39 is 5.41 Å². The second-order valence-corrected chi connectivity index (χ2v) is 6.28. The number of carbonyl (C=O) groups excluding carboxylic acids is 2. The normalized spacial score (nSPS) is 14.8. The maximum absolute atomic E-state index is 12.2. The number of halogens is 1. The molecule has 5 heteroatoms. The van der Waals surface area contributed by atoms with Gasteiger partial charge in [-0.3, -0.25) is 9.59 Å². The zero-order chi connectivity index (χ0) is 17.2. The first-order valence-electron chi connectivity index (χ1n) is 7.90. The molecule has 0 spiro atoms. The van der Waals surface area contributed by atoms with Gasteiger partial charge in [0.05, 0.1) is 12.0 Å². The minimum Gasteiger partial charge on any atom is -0.465 e. The number of anilines is 1. The highest BCUT2D eigenvalue weighted by Gasteiger charge is 2.52. The number of benzene rings is 2. The summed E-state index contributed by atoms with van der Waals surface area (Å²) in [5.74, 6) is -0.367. The fourth-order valence-corrected chi connectivity index (χ4v) is 2.81. The molecule has 1 saturated carbocycles. The molecule has 0 aromatic heterocycles. The second-order valence-electron chi connectivity index (χ2n) is 5.84. The summed E-state index contributed by atoms with van der Waals surface area (Å²) in [5, 5.41) is 3.42. The molecular weight excluding hydrogens is 326 g/mol. The van der Waals surface area contributed by atoms with Gasteiger partial charge < -0.3 is 10.1 Å². The number of esters is 1. The molecule has 1 aliphatic rings. The molecule has 0 aliphatic heterocycles. The molecule has 1 N–H and O–H groups in total. The minimum absolute atomic E-state index is 0.164. The van der Waals surface area contributed by atoms with Crippen molar-refractivity contribution in [3.05, 3.63) is 64.7 Å². The van der Waals surface area contributed by atoms with Crippen molar-refractivity contribution in [3.8, 4) is 0 Å². The fraction of sp³-hybridized carbons (Fsp3) is 0.263. The molecule has 0 saturated heterocycles. The van der Waals surface area contributed by atoms with Crippen LogP contribution in [0.4, 0.5) is 5.69 Å². The number of hydrogen-bond acceptors (Lipinski definition) is 3. The van der Waals surface area contributed by atoms with Crippen molar-refractivity contribution >= 4 is 29.2 Å². The number of hydrogen-bond donors (Lipinski definition) is 1. The third-order valence-electron chi connectivity index (χ3n) is 4.22. The number of nitrogens with one attached hydrogen (secondary N) is 1. The quantitative estimate of drug-likeness (QED) is 0.828. The first kappa shape index (κ1) is 16.5. The van der Waals surface area contributed by atoms with Crippen molar-refractivity contribution in [2.45, 2.75) is 25.2 Å². The highest BCUT2D eigenvalue weighted by atomic mass is 35.5. The lowest BCUT2D eigenvalue weighted by Gasteiger charge is -2.15. The molecule has 0 unspecified atom stereocenters. The Kier molecular flexibility index (Phi) is 4.58. The average Bonchev–Trinajstić information content (AvgIpc) is 3.38. The summed E-state index contributed by atoms with van der Waals surface area (Å²) < 4.78 is 5.17. The predicted molar refractivity (Wildman–Crippen MR) is 93.4 cm³/mol. The first-order valence-corrected chi connectivity index (χ1v) is 8.27. The smallest absolute Gasteiger partial charge is 0.316 e. The molecule has 0 atom stereocenters. The Morgan fingerprint density at radius 2 is 1.71 bits per heavy atom. The molecule has 1 amide bonds. The summed E-state index contributed by atoms with van der Waals surface area (Å²) in [6, 6.07) is 14.1. The van der Waals surface area contributed by atoms with Crippen LogP contribution in [0, 0.1) is 0 Å². The highest BCUT2D eigenvalue weighted by molar-refractivity contribution is 6.30. The molecule has 124 valence electrons. The lowest BCUT2D eigenvalue weighted by atomic mass is 9.96. The lowest BCUT2D eigenvalue weighted by Crippen LogP contribution is -2.23. The van der Waals surface area contributed by atoms with Crippen LogP contribution in [0.2, 0.25) is 5.02 Å². The molecule has 0 bridgehead atoms. The van der Waals surface area contributed by atoms with Crippen molar-refractivity contribution in [2.24, 2.45) is 0 Å². The van der Waals surface area contributed by atoms with E-state index in [-0.39, 0.29) is 11.9 Å². The molecule has 0 heterocycles. The van der Waals surface area contributed by atoms with Crippen molar-refractivity contribution < 1.29 is 14.3 Å². The first-order chi connectivity index (χ1) is 11.5. The largest absolute Gasteiger partial charge is 0.465 e. The third kappa shape index (κ3) is 3.29. The van der Waals surface area contributed by atoms with Gasteiger partial charge >= 0.3 is 5.97 Å². The maximum atomic E-state index is 12.2. The summed E-state index contributed by atoms with van der Waals surface area (Å²) in [5.41, 5.74) is 1.66. The van der Waals surface area contributed by atoms with Gasteiger partial charge in [-0.25, -0.2) is 0 Å². The van der Waals surface area contributed by atoms with Gasteiger partial charge in [-0.05, 0) is 61.7 Å². The Bertz CT molecular complexity index is 749. The standard InChI is InChI=1S/C19H18ClNO3/c1-2-24-18(23)19(11-12-19)14-5-9-16(10-6-14)21-17(22)13-3-7-15(20)8-4-13/h3-10H,2,11-12H2,1H3,(H,21,22). The Balaban J connectivity index is 1.70. The van der Waals surface area contributed by atoms with Crippen LogP contribution in [0.1, 0.15) is 35.7 Å². The van der Waals surface area contributed by atoms with Gasteiger partial charge in [-0.1, -0.05) is 23.7 Å². The highest BCUT2D eigenvalue weighted by Crippen LogP contribution is 2.49. The average molecular weight is 344 g/mol. The predicted octanol–water partition coefficient (Wildman–Crippen LogP) is 4.19. The van der Waals surface area contributed by atoms with Crippen LogP contribution in [0.5, 0.6) is 0 Å². The molecule has 0 radical (unpaired) electrons. The van der Waals surface area contributed by atoms with Crippen LogP contribution in [0.25, 0.3) is 0 Å². The third-order valence-corrected chi connectivity index (χ3v) is 4.47. The van der Waals surface area contributed by atoms with Crippen LogP contribution >= 0.6 is 11.6 Å². The van der Waals surface area contributed by atoms with Crippen LogP contribution in [-0.2, 0) is 14.9 Å². The Labute approximate surface area is 145 Å². The van der Waals surface area contributed by atoms with E-state index in [1.807, 2.05) is 31.2 Å². The molecule has 1 fully saturated rings. The lowest BCUT2D eigenvalue weighted by molar-refractivity contribution is -0.146. The number of amides is 1. The van der Waals surface area contributed by atoms with Gasteiger partial charge in [-0.2, -0.15) is 0 Å². The summed E-state index contributed by atoms with van der Waals surface area (Å²) in [7, 11) is 0. The summed E-state index contributed by atoms with van der Waals surface area (Å²) >= 11 is 5.82. The van der Waals surface area contributed by atoms with E-state index in [0.717, 1.165) is 18.4 Å². The van der Waals surface area contributed by atoms with Crippen molar-refractivity contribution in [3.63, 3.8) is 0 Å². The van der Waals surface area contributed by atoms with E-state index in [9.17, 15) is 9.59 Å². The van der Waals surface area contributed by atoms with Crippen molar-refractivity contribution in [2.75, 3.05) is 11.9 Å². The summed E-state index contributed by atoms with van der Waals surface area (Å²) in [4.78, 5) is 24.3. The molecule has 3 rings (SSSR count). The molecule has 4 nitrogen and oxygen atoms in total. The molecular formula is C19H18ClNO3. The van der Waals surface area contributed by atoms with E-state index in [4.69, 9.17) is 16.3 Å². The van der Waals surface area contributed by atoms with Gasteiger partial charge in [0.1, 0.15) is 0 Å². The van der Waals surface area contributed by atoms with Crippen molar-refractivity contribution in [1.82, 2.24) is 0 Å². The molecule has 1 aliphatic carbocycles. The topological polar surface area (TPSA) is 55.4 Å². The Morgan fingerprint density at radius 3 is 2.25 bits per heavy atom. The van der Waals surface area contributed by atoms with Gasteiger partial charge in [0.15, 0.2) is 0 Å². The van der Waals surface area contributed by atoms with E-state index in [0.29, 0.717) is 22.9 Å². The molecule has 2 aromatic rings. The van der Waals surface area contributed by atoms with Gasteiger partial charge in [0.2, 0.25) is 0 Å². The van der Waals surface area contributed by atoms with Gasteiger partial charge in [0, 0.05) is 16.3 Å². The minimum atomic E-state index is -0.491. The van der Waals surface area contributed by atoms with Gasteiger partial charge in [0.25, 0.3) is 5.91 Å². The monoisotopic (exact) mass is 343 g/mol. The Hall–Kier alpha value is -2.33. The van der Waals surface area contributed by atoms with E-state index in [1.165, 1.54) is 0 Å². The van der Waals surface area contributed by atoms with E-state index in [2.05, 4.69) is 5.32 Å². The number of carbonyl (C=O) groups is 2. The maximum Gasteiger partial charge on any atom is 0.316 e. The SMILES string of the molecule is CCOC(=O)C1(c2ccc(NC(=O)c3ccc(Cl)cc3)cc2)CC1. The molecule has 2 aromatic carbocycles. The summed E-state index contributed by atoms with van der Waals surface area (Å²) in [6.45, 7) is 2.19. The van der Waals surface area contributed by atoms with Crippen molar-refractivity contribution in [1.29, 1.82) is 0 Å². The number of rotatable bonds is 5.